The summed E-state index contributed by atoms with van der Waals surface area (Å²) in [7, 11) is 0. The monoisotopic (exact) mass is 213 g/mol. The number of rotatable bonds is 5. The highest BCUT2D eigenvalue weighted by atomic mass is 16.2. The Morgan fingerprint density at radius 2 is 2.00 bits per heavy atom. The number of hydrogen-bond donors (Lipinski definition) is 2. The Bertz CT molecular complexity index is 190. The highest BCUT2D eigenvalue weighted by molar-refractivity contribution is 5.75. The molecule has 0 aliphatic carbocycles. The van der Waals surface area contributed by atoms with Crippen LogP contribution in [-0.2, 0) is 4.79 Å². The lowest BCUT2D eigenvalue weighted by Crippen LogP contribution is -2.46. The third-order valence-electron chi connectivity index (χ3n) is 2.68. The molecule has 4 heteroatoms. The molecule has 0 aromatic rings. The lowest BCUT2D eigenvalue weighted by molar-refractivity contribution is -0.126. The lowest BCUT2D eigenvalue weighted by atomic mass is 10.2. The van der Waals surface area contributed by atoms with Crippen LogP contribution in [0.4, 0.5) is 0 Å². The van der Waals surface area contributed by atoms with Crippen LogP contribution in [0.3, 0.4) is 0 Å². The molecule has 0 spiro atoms. The smallest absolute Gasteiger partial charge is 0.235 e. The summed E-state index contributed by atoms with van der Waals surface area (Å²) in [5.41, 5.74) is 2.96. The van der Waals surface area contributed by atoms with Crippen LogP contribution in [0, 0.1) is 0 Å². The molecule has 1 rings (SSSR count). The third-order valence-corrected chi connectivity index (χ3v) is 2.68. The zero-order valence-corrected chi connectivity index (χ0v) is 9.88. The van der Waals surface area contributed by atoms with Gasteiger partial charge in [-0.05, 0) is 26.3 Å². The summed E-state index contributed by atoms with van der Waals surface area (Å²) in [6, 6.07) is 0.264. The summed E-state index contributed by atoms with van der Waals surface area (Å²) in [4.78, 5) is 11.6. The van der Waals surface area contributed by atoms with Crippen LogP contribution in [0.2, 0.25) is 0 Å². The van der Waals surface area contributed by atoms with E-state index in [-0.39, 0.29) is 11.9 Å². The minimum atomic E-state index is 0.130. The largest absolute Gasteiger partial charge is 0.314 e. The average Bonchev–Trinajstić information content (AvgIpc) is 2.19. The van der Waals surface area contributed by atoms with Gasteiger partial charge < -0.3 is 5.32 Å². The van der Waals surface area contributed by atoms with Crippen molar-refractivity contribution in [1.82, 2.24) is 15.8 Å². The van der Waals surface area contributed by atoms with Gasteiger partial charge in [0.05, 0.1) is 0 Å². The molecule has 0 aromatic heterocycles. The van der Waals surface area contributed by atoms with Crippen LogP contribution < -0.4 is 10.7 Å². The summed E-state index contributed by atoms with van der Waals surface area (Å²) in [5.74, 6) is 0.130. The summed E-state index contributed by atoms with van der Waals surface area (Å²) in [6.07, 6.45) is 4.25. The molecule has 1 atom stereocenters. The van der Waals surface area contributed by atoms with Gasteiger partial charge in [-0.3, -0.25) is 10.2 Å². The zero-order valence-electron chi connectivity index (χ0n) is 9.88. The molecule has 1 amide bonds. The molecule has 1 unspecified atom stereocenters. The van der Waals surface area contributed by atoms with E-state index in [1.807, 2.05) is 11.9 Å². The molecule has 88 valence electrons. The maximum absolute atomic E-state index is 11.6. The van der Waals surface area contributed by atoms with Crippen molar-refractivity contribution < 1.29 is 4.79 Å². The molecule has 1 aliphatic rings. The lowest BCUT2D eigenvalue weighted by Gasteiger charge is -2.27. The summed E-state index contributed by atoms with van der Waals surface area (Å²) in [5, 5.41) is 5.28. The van der Waals surface area contributed by atoms with Crippen LogP contribution in [-0.4, -0.2) is 36.6 Å². The van der Waals surface area contributed by atoms with Gasteiger partial charge in [0.2, 0.25) is 5.91 Å². The van der Waals surface area contributed by atoms with Gasteiger partial charge in [-0.1, -0.05) is 13.3 Å². The molecule has 0 aromatic carbocycles. The van der Waals surface area contributed by atoms with Crippen molar-refractivity contribution in [2.75, 3.05) is 19.6 Å². The van der Waals surface area contributed by atoms with E-state index >= 15 is 0 Å². The second-order valence-electron chi connectivity index (χ2n) is 4.25. The SMILES string of the molecule is CCNC(C)CC(=O)NN1CCCCC1. The van der Waals surface area contributed by atoms with Crippen molar-refractivity contribution in [2.24, 2.45) is 0 Å². The Balaban J connectivity index is 2.16. The van der Waals surface area contributed by atoms with Gasteiger partial charge in [0.25, 0.3) is 0 Å². The minimum Gasteiger partial charge on any atom is -0.314 e. The standard InChI is InChI=1S/C11H23N3O/c1-3-12-10(2)9-11(15)13-14-7-5-4-6-8-14/h10,12H,3-9H2,1-2H3,(H,13,15). The maximum atomic E-state index is 11.6. The normalized spacial score (nSPS) is 19.9. The van der Waals surface area contributed by atoms with Crippen LogP contribution in [0.25, 0.3) is 0 Å². The number of hydrogen-bond acceptors (Lipinski definition) is 3. The quantitative estimate of drug-likeness (QED) is 0.713. The van der Waals surface area contributed by atoms with E-state index in [0.29, 0.717) is 6.42 Å². The third kappa shape index (κ3) is 5.14. The zero-order chi connectivity index (χ0) is 11.1. The number of piperidine rings is 1. The van der Waals surface area contributed by atoms with E-state index in [9.17, 15) is 4.79 Å². The minimum absolute atomic E-state index is 0.130. The molecule has 0 saturated carbocycles. The second kappa shape index (κ2) is 6.80. The van der Waals surface area contributed by atoms with E-state index in [1.165, 1.54) is 19.3 Å². The van der Waals surface area contributed by atoms with Crippen molar-refractivity contribution in [3.63, 3.8) is 0 Å². The Morgan fingerprint density at radius 1 is 1.33 bits per heavy atom. The molecule has 4 nitrogen and oxygen atoms in total. The van der Waals surface area contributed by atoms with Crippen LogP contribution in [0.15, 0.2) is 0 Å². The highest BCUT2D eigenvalue weighted by Crippen LogP contribution is 2.06. The van der Waals surface area contributed by atoms with Crippen molar-refractivity contribution in [1.29, 1.82) is 0 Å². The topological polar surface area (TPSA) is 44.4 Å². The average molecular weight is 213 g/mol. The summed E-state index contributed by atoms with van der Waals surface area (Å²) in [6.45, 7) is 7.01. The Labute approximate surface area is 92.4 Å². The van der Waals surface area contributed by atoms with E-state index in [4.69, 9.17) is 0 Å². The van der Waals surface area contributed by atoms with Gasteiger partial charge >= 0.3 is 0 Å². The van der Waals surface area contributed by atoms with Crippen LogP contribution in [0.5, 0.6) is 0 Å². The van der Waals surface area contributed by atoms with Gasteiger partial charge in [-0.15, -0.1) is 0 Å². The van der Waals surface area contributed by atoms with Gasteiger partial charge in [0.15, 0.2) is 0 Å². The molecule has 1 saturated heterocycles. The fourth-order valence-electron chi connectivity index (χ4n) is 1.93. The first-order valence-corrected chi connectivity index (χ1v) is 6.00. The predicted octanol–water partition coefficient (Wildman–Crippen LogP) is 0.892. The van der Waals surface area contributed by atoms with Gasteiger partial charge in [0.1, 0.15) is 0 Å². The van der Waals surface area contributed by atoms with Crippen molar-refractivity contribution in [3.8, 4) is 0 Å². The van der Waals surface area contributed by atoms with Crippen molar-refractivity contribution >= 4 is 5.91 Å². The van der Waals surface area contributed by atoms with E-state index in [2.05, 4.69) is 17.7 Å². The predicted molar refractivity (Wildman–Crippen MR) is 61.3 cm³/mol. The Kier molecular flexibility index (Phi) is 5.65. The van der Waals surface area contributed by atoms with Gasteiger partial charge in [-0.25, -0.2) is 5.01 Å². The number of nitrogens with zero attached hydrogens (tertiary/aromatic N) is 1. The van der Waals surface area contributed by atoms with Crippen LogP contribution >= 0.6 is 0 Å². The highest BCUT2D eigenvalue weighted by Gasteiger charge is 2.14. The number of amides is 1. The van der Waals surface area contributed by atoms with E-state index in [1.54, 1.807) is 0 Å². The fourth-order valence-corrected chi connectivity index (χ4v) is 1.93. The first-order chi connectivity index (χ1) is 7.22. The molecule has 2 N–H and O–H groups in total. The van der Waals surface area contributed by atoms with E-state index < -0.39 is 0 Å². The maximum Gasteiger partial charge on any atom is 0.235 e. The molecule has 1 fully saturated rings. The summed E-state index contributed by atoms with van der Waals surface area (Å²) >= 11 is 0. The first kappa shape index (κ1) is 12.5. The van der Waals surface area contributed by atoms with Gasteiger partial charge in [-0.2, -0.15) is 0 Å². The number of carbonyl (C=O) groups excluding carboxylic acids is 1. The summed E-state index contributed by atoms with van der Waals surface area (Å²) < 4.78 is 0. The Morgan fingerprint density at radius 3 is 2.60 bits per heavy atom. The first-order valence-electron chi connectivity index (χ1n) is 6.00. The van der Waals surface area contributed by atoms with Gasteiger partial charge in [0, 0.05) is 25.6 Å². The van der Waals surface area contributed by atoms with Crippen LogP contribution in [0.1, 0.15) is 39.5 Å². The Hall–Kier alpha value is -0.610. The molecule has 15 heavy (non-hydrogen) atoms. The van der Waals surface area contributed by atoms with Crippen molar-refractivity contribution in [3.05, 3.63) is 0 Å². The fraction of sp³-hybridized carbons (Fsp3) is 0.909. The van der Waals surface area contributed by atoms with Crippen molar-refractivity contribution in [2.45, 2.75) is 45.6 Å². The molecule has 0 radical (unpaired) electrons. The molecule has 1 aliphatic heterocycles. The number of nitrogens with one attached hydrogen (secondary N) is 2. The number of carbonyl (C=O) groups is 1. The van der Waals surface area contributed by atoms with E-state index in [0.717, 1.165) is 19.6 Å². The molecule has 0 bridgehead atoms. The number of hydrazine groups is 1. The molecule has 1 heterocycles. The molecular formula is C11H23N3O. The second-order valence-corrected chi connectivity index (χ2v) is 4.25. The molecular weight excluding hydrogens is 190 g/mol.